The summed E-state index contributed by atoms with van der Waals surface area (Å²) < 4.78 is 5.54. The van der Waals surface area contributed by atoms with Crippen LogP contribution in [0.2, 0.25) is 0 Å². The van der Waals surface area contributed by atoms with Gasteiger partial charge >= 0.3 is 0 Å². The van der Waals surface area contributed by atoms with Gasteiger partial charge < -0.3 is 4.74 Å². The minimum atomic E-state index is 0.363. The van der Waals surface area contributed by atoms with E-state index in [1.807, 2.05) is 6.26 Å². The van der Waals surface area contributed by atoms with Gasteiger partial charge in [-0.25, -0.2) is 0 Å². The Labute approximate surface area is 74.1 Å². The summed E-state index contributed by atoms with van der Waals surface area (Å²) in [6.45, 7) is 2.18. The van der Waals surface area contributed by atoms with E-state index in [0.29, 0.717) is 6.10 Å². The summed E-state index contributed by atoms with van der Waals surface area (Å²) in [6.07, 6.45) is 11.5. The fourth-order valence-corrected chi connectivity index (χ4v) is 1.98. The van der Waals surface area contributed by atoms with Gasteiger partial charge in [0.2, 0.25) is 0 Å². The van der Waals surface area contributed by atoms with Gasteiger partial charge in [0.05, 0.1) is 6.26 Å². The van der Waals surface area contributed by atoms with Crippen molar-refractivity contribution in [2.24, 2.45) is 0 Å². The van der Waals surface area contributed by atoms with Gasteiger partial charge in [-0.2, -0.15) is 0 Å². The lowest BCUT2D eigenvalue weighted by Gasteiger charge is -2.28. The molecule has 0 aromatic heterocycles. The van der Waals surface area contributed by atoms with Crippen molar-refractivity contribution in [2.75, 3.05) is 0 Å². The molecule has 0 amide bonds. The Morgan fingerprint density at radius 1 is 1.58 bits per heavy atom. The molecule has 0 saturated carbocycles. The zero-order valence-corrected chi connectivity index (χ0v) is 7.55. The van der Waals surface area contributed by atoms with Crippen LogP contribution in [0.25, 0.3) is 0 Å². The molecule has 1 unspecified atom stereocenters. The lowest BCUT2D eigenvalue weighted by Crippen LogP contribution is -2.19. The first-order chi connectivity index (χ1) is 5.92. The van der Waals surface area contributed by atoms with E-state index in [1.165, 1.54) is 30.4 Å². The van der Waals surface area contributed by atoms with E-state index in [4.69, 9.17) is 4.74 Å². The van der Waals surface area contributed by atoms with E-state index in [0.717, 1.165) is 6.42 Å². The third-order valence-electron chi connectivity index (χ3n) is 2.64. The van der Waals surface area contributed by atoms with Crippen molar-refractivity contribution in [2.45, 2.75) is 38.7 Å². The van der Waals surface area contributed by atoms with Crippen LogP contribution in [0.15, 0.2) is 23.5 Å². The first-order valence-corrected chi connectivity index (χ1v) is 4.80. The predicted octanol–water partition coefficient (Wildman–Crippen LogP) is 2.99. The zero-order chi connectivity index (χ0) is 8.39. The van der Waals surface area contributed by atoms with E-state index in [2.05, 4.69) is 19.4 Å². The summed E-state index contributed by atoms with van der Waals surface area (Å²) in [7, 11) is 0. The fourth-order valence-electron chi connectivity index (χ4n) is 1.98. The van der Waals surface area contributed by atoms with Crippen LogP contribution in [-0.2, 0) is 4.74 Å². The van der Waals surface area contributed by atoms with Crippen molar-refractivity contribution in [3.05, 3.63) is 29.9 Å². The molecular formula is C11H15O. The van der Waals surface area contributed by atoms with E-state index in [1.54, 1.807) is 0 Å². The molecule has 1 heteroatoms. The van der Waals surface area contributed by atoms with Crippen molar-refractivity contribution < 1.29 is 4.74 Å². The number of allylic oxidation sites excluding steroid dienone is 2. The minimum Gasteiger partial charge on any atom is -0.494 e. The molecule has 1 atom stereocenters. The molecule has 1 heterocycles. The molecule has 65 valence electrons. The largest absolute Gasteiger partial charge is 0.494 e. The van der Waals surface area contributed by atoms with Crippen LogP contribution in [0.1, 0.15) is 32.6 Å². The molecule has 0 fully saturated rings. The number of hydrogen-bond donors (Lipinski definition) is 0. The third kappa shape index (κ3) is 1.28. The van der Waals surface area contributed by atoms with Gasteiger partial charge in [0.1, 0.15) is 6.10 Å². The van der Waals surface area contributed by atoms with E-state index < -0.39 is 0 Å². The van der Waals surface area contributed by atoms with E-state index >= 15 is 0 Å². The van der Waals surface area contributed by atoms with Gasteiger partial charge in [-0.05, 0) is 49.3 Å². The van der Waals surface area contributed by atoms with Crippen molar-refractivity contribution in [3.63, 3.8) is 0 Å². The van der Waals surface area contributed by atoms with Gasteiger partial charge in [0.15, 0.2) is 0 Å². The van der Waals surface area contributed by atoms with Gasteiger partial charge in [-0.1, -0.05) is 6.92 Å². The smallest absolute Gasteiger partial charge is 0.119 e. The Hall–Kier alpha value is -0.720. The first-order valence-electron chi connectivity index (χ1n) is 4.80. The van der Waals surface area contributed by atoms with Crippen LogP contribution >= 0.6 is 0 Å². The van der Waals surface area contributed by atoms with Crippen LogP contribution in [0, 0.1) is 6.42 Å². The second-order valence-electron chi connectivity index (χ2n) is 3.41. The molecule has 2 aliphatic rings. The molecule has 0 saturated heterocycles. The molecule has 0 spiro atoms. The normalized spacial score (nSPS) is 28.2. The molecule has 12 heavy (non-hydrogen) atoms. The molecule has 1 nitrogen and oxygen atoms in total. The van der Waals surface area contributed by atoms with Gasteiger partial charge in [-0.15, -0.1) is 0 Å². The molecule has 0 aromatic rings. The summed E-state index contributed by atoms with van der Waals surface area (Å²) in [6, 6.07) is 0. The second kappa shape index (κ2) is 3.34. The van der Waals surface area contributed by atoms with Crippen molar-refractivity contribution in [1.29, 1.82) is 0 Å². The molecule has 1 radical (unpaired) electrons. The predicted molar refractivity (Wildman–Crippen MR) is 49.5 cm³/mol. The molecule has 1 aliphatic carbocycles. The van der Waals surface area contributed by atoms with Gasteiger partial charge in [-0.3, -0.25) is 0 Å². The quantitative estimate of drug-likeness (QED) is 0.577. The average Bonchev–Trinajstić information content (AvgIpc) is 2.17. The minimum absolute atomic E-state index is 0.363. The highest BCUT2D eigenvalue weighted by Gasteiger charge is 2.21. The van der Waals surface area contributed by atoms with Crippen molar-refractivity contribution in [1.82, 2.24) is 0 Å². The van der Waals surface area contributed by atoms with E-state index in [9.17, 15) is 0 Å². The Morgan fingerprint density at radius 2 is 2.50 bits per heavy atom. The number of rotatable bonds is 1. The van der Waals surface area contributed by atoms with Gasteiger partial charge in [0, 0.05) is 0 Å². The highest BCUT2D eigenvalue weighted by atomic mass is 16.5. The third-order valence-corrected chi connectivity index (χ3v) is 2.64. The lowest BCUT2D eigenvalue weighted by molar-refractivity contribution is 0.161. The standard InChI is InChI=1S/C11H15O/c1-2-11-10-6-4-3-5-9(10)7-8-12-11/h5,7-8,11H,2-4,6H2,1H3. The lowest BCUT2D eigenvalue weighted by atomic mass is 9.87. The van der Waals surface area contributed by atoms with E-state index in [-0.39, 0.29) is 0 Å². The Kier molecular flexibility index (Phi) is 2.20. The summed E-state index contributed by atoms with van der Waals surface area (Å²) in [4.78, 5) is 0. The topological polar surface area (TPSA) is 9.23 Å². The van der Waals surface area contributed by atoms with Crippen LogP contribution in [0.4, 0.5) is 0 Å². The first kappa shape index (κ1) is 7.90. The zero-order valence-electron chi connectivity index (χ0n) is 7.55. The summed E-state index contributed by atoms with van der Waals surface area (Å²) in [5, 5.41) is 0. The maximum atomic E-state index is 5.54. The maximum absolute atomic E-state index is 5.54. The van der Waals surface area contributed by atoms with Crippen molar-refractivity contribution in [3.8, 4) is 0 Å². The van der Waals surface area contributed by atoms with Crippen LogP contribution < -0.4 is 0 Å². The SMILES string of the molecule is CCC1OC=CC2=C1CCC[CH]2. The highest BCUT2D eigenvalue weighted by molar-refractivity contribution is 5.38. The average molecular weight is 163 g/mol. The highest BCUT2D eigenvalue weighted by Crippen LogP contribution is 2.32. The summed E-state index contributed by atoms with van der Waals surface area (Å²) in [5.74, 6) is 0. The van der Waals surface area contributed by atoms with Crippen molar-refractivity contribution >= 4 is 0 Å². The van der Waals surface area contributed by atoms with Crippen LogP contribution in [-0.4, -0.2) is 6.10 Å². The van der Waals surface area contributed by atoms with Crippen LogP contribution in [0.3, 0.4) is 0 Å². The second-order valence-corrected chi connectivity index (χ2v) is 3.41. The van der Waals surface area contributed by atoms with Crippen LogP contribution in [0.5, 0.6) is 0 Å². The number of ether oxygens (including phenoxy) is 1. The Morgan fingerprint density at radius 3 is 3.33 bits per heavy atom. The number of hydrogen-bond acceptors (Lipinski definition) is 1. The Balaban J connectivity index is 2.23. The molecule has 0 aromatic carbocycles. The summed E-state index contributed by atoms with van der Waals surface area (Å²) >= 11 is 0. The maximum Gasteiger partial charge on any atom is 0.119 e. The molecule has 1 aliphatic heterocycles. The molecular weight excluding hydrogens is 148 g/mol. The molecule has 2 rings (SSSR count). The summed E-state index contributed by atoms with van der Waals surface area (Å²) in [5.41, 5.74) is 2.95. The fraction of sp³-hybridized carbons (Fsp3) is 0.545. The molecule has 0 bridgehead atoms. The Bertz CT molecular complexity index is 225. The monoisotopic (exact) mass is 163 g/mol. The molecule has 0 N–H and O–H groups in total. The van der Waals surface area contributed by atoms with Gasteiger partial charge in [0.25, 0.3) is 0 Å².